The SMILES string of the molecule is CNCc1cc(Br)c(OCCOC(F)(F)F)c(Br)c1. The van der Waals surface area contributed by atoms with Crippen LogP contribution in [0.4, 0.5) is 13.2 Å². The van der Waals surface area contributed by atoms with E-state index in [1.165, 1.54) is 0 Å². The average Bonchev–Trinajstić information content (AvgIpc) is 2.26. The van der Waals surface area contributed by atoms with Gasteiger partial charge in [-0.1, -0.05) is 0 Å². The molecule has 0 amide bonds. The maximum atomic E-state index is 11.8. The Morgan fingerprint density at radius 2 is 1.74 bits per heavy atom. The van der Waals surface area contributed by atoms with Gasteiger partial charge in [-0.3, -0.25) is 4.74 Å². The predicted octanol–water partition coefficient (Wildman–Crippen LogP) is 3.85. The van der Waals surface area contributed by atoms with Crippen molar-refractivity contribution < 1.29 is 22.6 Å². The number of rotatable bonds is 6. The van der Waals surface area contributed by atoms with E-state index in [-0.39, 0.29) is 6.61 Å². The number of ether oxygens (including phenoxy) is 2. The summed E-state index contributed by atoms with van der Waals surface area (Å²) in [5.41, 5.74) is 1.01. The average molecular weight is 407 g/mol. The lowest BCUT2D eigenvalue weighted by Gasteiger charge is -2.13. The summed E-state index contributed by atoms with van der Waals surface area (Å²) in [5, 5.41) is 3.00. The van der Waals surface area contributed by atoms with Crippen molar-refractivity contribution in [3.8, 4) is 5.75 Å². The molecule has 1 rings (SSSR count). The van der Waals surface area contributed by atoms with Gasteiger partial charge in [-0.15, -0.1) is 13.2 Å². The fourth-order valence-electron chi connectivity index (χ4n) is 1.36. The number of hydrogen-bond donors (Lipinski definition) is 1. The minimum Gasteiger partial charge on any atom is -0.489 e. The van der Waals surface area contributed by atoms with Crippen molar-refractivity contribution >= 4 is 31.9 Å². The largest absolute Gasteiger partial charge is 0.522 e. The summed E-state index contributed by atoms with van der Waals surface area (Å²) >= 11 is 6.63. The third-order valence-electron chi connectivity index (χ3n) is 2.03. The smallest absolute Gasteiger partial charge is 0.489 e. The molecule has 0 heterocycles. The Morgan fingerprint density at radius 1 is 1.16 bits per heavy atom. The zero-order chi connectivity index (χ0) is 14.5. The van der Waals surface area contributed by atoms with Crippen LogP contribution in [0.1, 0.15) is 5.56 Å². The van der Waals surface area contributed by atoms with E-state index in [1.807, 2.05) is 19.2 Å². The normalized spacial score (nSPS) is 11.7. The summed E-state index contributed by atoms with van der Waals surface area (Å²) in [4.78, 5) is 0. The van der Waals surface area contributed by atoms with Gasteiger partial charge in [0.1, 0.15) is 12.4 Å². The summed E-state index contributed by atoms with van der Waals surface area (Å²) in [7, 11) is 1.82. The molecule has 0 saturated carbocycles. The first kappa shape index (κ1) is 16.7. The predicted molar refractivity (Wildman–Crippen MR) is 72.1 cm³/mol. The van der Waals surface area contributed by atoms with Crippen molar-refractivity contribution in [3.63, 3.8) is 0 Å². The Morgan fingerprint density at radius 3 is 2.21 bits per heavy atom. The molecule has 108 valence electrons. The summed E-state index contributed by atoms with van der Waals surface area (Å²) in [5.74, 6) is 0.450. The zero-order valence-electron chi connectivity index (χ0n) is 9.98. The monoisotopic (exact) mass is 405 g/mol. The maximum absolute atomic E-state index is 11.8. The molecule has 0 aliphatic rings. The lowest BCUT2D eigenvalue weighted by molar-refractivity contribution is -0.325. The molecule has 3 nitrogen and oxygen atoms in total. The molecule has 8 heteroatoms. The van der Waals surface area contributed by atoms with E-state index in [0.29, 0.717) is 21.2 Å². The molecule has 1 N–H and O–H groups in total. The highest BCUT2D eigenvalue weighted by Crippen LogP contribution is 2.34. The van der Waals surface area contributed by atoms with Gasteiger partial charge >= 0.3 is 6.36 Å². The highest BCUT2D eigenvalue weighted by atomic mass is 79.9. The minimum atomic E-state index is -4.63. The Kier molecular flexibility index (Phi) is 6.58. The van der Waals surface area contributed by atoms with Gasteiger partial charge in [-0.25, -0.2) is 0 Å². The van der Waals surface area contributed by atoms with Crippen molar-refractivity contribution in [2.75, 3.05) is 20.3 Å². The molecule has 1 aromatic carbocycles. The maximum Gasteiger partial charge on any atom is 0.522 e. The Hall–Kier alpha value is -0.310. The molecule has 0 aromatic heterocycles. The molecule has 0 radical (unpaired) electrons. The van der Waals surface area contributed by atoms with Crippen molar-refractivity contribution in [1.29, 1.82) is 0 Å². The van der Waals surface area contributed by atoms with E-state index >= 15 is 0 Å². The highest BCUT2D eigenvalue weighted by Gasteiger charge is 2.28. The molecule has 0 fully saturated rings. The minimum absolute atomic E-state index is 0.192. The summed E-state index contributed by atoms with van der Waals surface area (Å²) in [6.45, 7) is -0.0720. The fraction of sp³-hybridized carbons (Fsp3) is 0.455. The van der Waals surface area contributed by atoms with Crippen LogP contribution in [0.15, 0.2) is 21.1 Å². The molecule has 0 unspecified atom stereocenters. The van der Waals surface area contributed by atoms with E-state index in [2.05, 4.69) is 41.9 Å². The summed E-state index contributed by atoms with van der Waals surface area (Å²) in [6.07, 6.45) is -4.63. The molecule has 19 heavy (non-hydrogen) atoms. The number of halogens is 5. The first-order chi connectivity index (χ1) is 8.83. The lowest BCUT2D eigenvalue weighted by Crippen LogP contribution is -2.18. The number of benzene rings is 1. The molecule has 0 atom stereocenters. The fourth-order valence-corrected chi connectivity index (χ4v) is 2.87. The first-order valence-corrected chi connectivity index (χ1v) is 6.88. The molecule has 0 aliphatic heterocycles. The van der Waals surface area contributed by atoms with E-state index in [4.69, 9.17) is 4.74 Å². The Labute approximate surface area is 125 Å². The second-order valence-corrected chi connectivity index (χ2v) is 5.27. The van der Waals surface area contributed by atoms with Crippen LogP contribution in [0, 0.1) is 0 Å². The second-order valence-electron chi connectivity index (χ2n) is 3.56. The molecular formula is C11H12Br2F3NO2. The van der Waals surface area contributed by atoms with Gasteiger partial charge < -0.3 is 10.1 Å². The van der Waals surface area contributed by atoms with Crippen LogP contribution in [0.3, 0.4) is 0 Å². The number of nitrogens with one attached hydrogen (secondary N) is 1. The lowest BCUT2D eigenvalue weighted by atomic mass is 10.2. The van der Waals surface area contributed by atoms with Crippen molar-refractivity contribution in [2.24, 2.45) is 0 Å². The van der Waals surface area contributed by atoms with Crippen LogP contribution in [-0.2, 0) is 11.3 Å². The molecule has 1 aromatic rings. The van der Waals surface area contributed by atoms with Gasteiger partial charge in [0, 0.05) is 6.54 Å². The van der Waals surface area contributed by atoms with E-state index < -0.39 is 13.0 Å². The van der Waals surface area contributed by atoms with E-state index in [0.717, 1.165) is 5.56 Å². The Bertz CT molecular complexity index is 404. The topological polar surface area (TPSA) is 30.5 Å². The highest BCUT2D eigenvalue weighted by molar-refractivity contribution is 9.11. The van der Waals surface area contributed by atoms with Crippen molar-refractivity contribution in [2.45, 2.75) is 12.9 Å². The molecule has 0 aliphatic carbocycles. The van der Waals surface area contributed by atoms with Crippen LogP contribution < -0.4 is 10.1 Å². The van der Waals surface area contributed by atoms with Gasteiger partial charge in [0.15, 0.2) is 0 Å². The zero-order valence-corrected chi connectivity index (χ0v) is 13.2. The molecule has 0 saturated heterocycles. The second kappa shape index (κ2) is 7.47. The Balaban J connectivity index is 2.59. The quantitative estimate of drug-likeness (QED) is 0.728. The van der Waals surface area contributed by atoms with Gasteiger partial charge in [0.2, 0.25) is 0 Å². The van der Waals surface area contributed by atoms with E-state index in [9.17, 15) is 13.2 Å². The van der Waals surface area contributed by atoms with Crippen molar-refractivity contribution in [3.05, 3.63) is 26.6 Å². The third kappa shape index (κ3) is 6.11. The van der Waals surface area contributed by atoms with Crippen LogP contribution in [0.5, 0.6) is 5.75 Å². The van der Waals surface area contributed by atoms with Gasteiger partial charge in [0.25, 0.3) is 0 Å². The molecular weight excluding hydrogens is 395 g/mol. The summed E-state index contributed by atoms with van der Waals surface area (Å²) < 4.78 is 45.5. The van der Waals surface area contributed by atoms with Crippen LogP contribution in [0.25, 0.3) is 0 Å². The van der Waals surface area contributed by atoms with Crippen LogP contribution >= 0.6 is 31.9 Å². The first-order valence-electron chi connectivity index (χ1n) is 5.29. The third-order valence-corrected chi connectivity index (χ3v) is 3.21. The van der Waals surface area contributed by atoms with E-state index in [1.54, 1.807) is 0 Å². The van der Waals surface area contributed by atoms with Crippen LogP contribution in [-0.4, -0.2) is 26.6 Å². The van der Waals surface area contributed by atoms with Gasteiger partial charge in [-0.2, -0.15) is 0 Å². The molecule has 0 spiro atoms. The molecule has 0 bridgehead atoms. The van der Waals surface area contributed by atoms with Crippen LogP contribution in [0.2, 0.25) is 0 Å². The number of hydrogen-bond acceptors (Lipinski definition) is 3. The van der Waals surface area contributed by atoms with Crippen molar-refractivity contribution in [1.82, 2.24) is 5.32 Å². The van der Waals surface area contributed by atoms with Gasteiger partial charge in [0.05, 0.1) is 15.6 Å². The number of alkyl halides is 3. The standard InChI is InChI=1S/C11H12Br2F3NO2/c1-17-6-7-4-8(12)10(9(13)5-7)18-2-3-19-11(14,15)16/h4-5,17H,2-3,6H2,1H3. The summed E-state index contributed by atoms with van der Waals surface area (Å²) in [6, 6.07) is 3.67. The van der Waals surface area contributed by atoms with Gasteiger partial charge in [-0.05, 0) is 56.6 Å².